The van der Waals surface area contributed by atoms with Crippen LogP contribution in [0.4, 0.5) is 5.69 Å². The third-order valence-corrected chi connectivity index (χ3v) is 6.96. The van der Waals surface area contributed by atoms with Crippen molar-refractivity contribution in [2.75, 3.05) is 50.8 Å². The van der Waals surface area contributed by atoms with E-state index in [0.717, 1.165) is 57.2 Å². The van der Waals surface area contributed by atoms with Crippen LogP contribution >= 0.6 is 23.2 Å². The van der Waals surface area contributed by atoms with Crippen molar-refractivity contribution in [2.45, 2.75) is 45.1 Å². The molecule has 1 aromatic rings. The molecule has 1 aliphatic carbocycles. The van der Waals surface area contributed by atoms with Gasteiger partial charge in [0.15, 0.2) is 0 Å². The van der Waals surface area contributed by atoms with Gasteiger partial charge in [0.1, 0.15) is 6.61 Å². The summed E-state index contributed by atoms with van der Waals surface area (Å²) >= 11 is 12.5. The summed E-state index contributed by atoms with van der Waals surface area (Å²) in [4.78, 5) is 16.7. The predicted octanol–water partition coefficient (Wildman–Crippen LogP) is 4.22. The van der Waals surface area contributed by atoms with E-state index in [1.807, 2.05) is 19.1 Å². The second kappa shape index (κ2) is 11.4. The third-order valence-electron chi connectivity index (χ3n) is 6.15. The number of nitrogens with zero attached hydrogens (tertiary/aromatic N) is 2. The number of carbonyl (C=O) groups excluding carboxylic acids is 1. The molecular formula is C22H33Cl2N3O2. The van der Waals surface area contributed by atoms with Crippen molar-refractivity contribution in [1.82, 2.24) is 10.2 Å². The summed E-state index contributed by atoms with van der Waals surface area (Å²) in [6.45, 7) is 7.92. The molecule has 1 saturated heterocycles. The Balaban J connectivity index is 1.33. The molecular weight excluding hydrogens is 409 g/mol. The van der Waals surface area contributed by atoms with Gasteiger partial charge in [0.25, 0.3) is 0 Å². The van der Waals surface area contributed by atoms with Crippen LogP contribution in [0, 0.1) is 5.92 Å². The zero-order chi connectivity index (χ0) is 20.6. The Morgan fingerprint density at radius 1 is 1.14 bits per heavy atom. The minimum Gasteiger partial charge on any atom is -0.372 e. The van der Waals surface area contributed by atoms with Crippen LogP contribution in [-0.2, 0) is 9.53 Å². The van der Waals surface area contributed by atoms with E-state index in [2.05, 4.69) is 21.2 Å². The number of benzene rings is 1. The van der Waals surface area contributed by atoms with Crippen LogP contribution in [0.1, 0.15) is 39.0 Å². The molecule has 29 heavy (non-hydrogen) atoms. The van der Waals surface area contributed by atoms with Gasteiger partial charge < -0.3 is 15.0 Å². The van der Waals surface area contributed by atoms with Crippen molar-refractivity contribution >= 4 is 34.8 Å². The molecule has 162 valence electrons. The van der Waals surface area contributed by atoms with Crippen molar-refractivity contribution < 1.29 is 9.53 Å². The normalized spacial score (nSPS) is 23.2. The number of nitrogens with one attached hydrogen (secondary N) is 1. The van der Waals surface area contributed by atoms with E-state index >= 15 is 0 Å². The molecule has 3 rings (SSSR count). The highest BCUT2D eigenvalue weighted by Crippen LogP contribution is 2.33. The Morgan fingerprint density at radius 2 is 1.86 bits per heavy atom. The van der Waals surface area contributed by atoms with Crippen molar-refractivity contribution in [3.63, 3.8) is 0 Å². The smallest absolute Gasteiger partial charge is 0.246 e. The average molecular weight is 442 g/mol. The largest absolute Gasteiger partial charge is 0.372 e. The maximum Gasteiger partial charge on any atom is 0.246 e. The van der Waals surface area contributed by atoms with E-state index in [1.54, 1.807) is 0 Å². The molecule has 0 spiro atoms. The Labute approximate surface area is 184 Å². The predicted molar refractivity (Wildman–Crippen MR) is 120 cm³/mol. The molecule has 7 heteroatoms. The summed E-state index contributed by atoms with van der Waals surface area (Å²) in [5.74, 6) is 0.795. The fourth-order valence-electron chi connectivity index (χ4n) is 4.37. The molecule has 5 nitrogen and oxygen atoms in total. The third kappa shape index (κ3) is 6.74. The number of rotatable bonds is 8. The van der Waals surface area contributed by atoms with Gasteiger partial charge in [-0.3, -0.25) is 9.69 Å². The molecule has 1 N–H and O–H groups in total. The lowest BCUT2D eigenvalue weighted by atomic mass is 9.84. The topological polar surface area (TPSA) is 44.8 Å². The number of hydrogen-bond donors (Lipinski definition) is 1. The number of anilines is 1. The van der Waals surface area contributed by atoms with Gasteiger partial charge in [0.05, 0.1) is 15.7 Å². The summed E-state index contributed by atoms with van der Waals surface area (Å²) in [6, 6.07) is 6.18. The molecule has 2 aliphatic rings. The van der Waals surface area contributed by atoms with Gasteiger partial charge in [0, 0.05) is 38.8 Å². The number of carbonyl (C=O) groups is 1. The van der Waals surface area contributed by atoms with E-state index in [1.165, 1.54) is 19.3 Å². The van der Waals surface area contributed by atoms with Gasteiger partial charge in [0.2, 0.25) is 5.91 Å². The summed E-state index contributed by atoms with van der Waals surface area (Å²) in [6.07, 6.45) is 5.83. The first-order valence-corrected chi connectivity index (χ1v) is 11.6. The number of piperazine rings is 1. The maximum absolute atomic E-state index is 11.8. The first kappa shape index (κ1) is 22.7. The maximum atomic E-state index is 11.8. The van der Waals surface area contributed by atoms with Crippen LogP contribution < -0.4 is 10.2 Å². The highest BCUT2D eigenvalue weighted by Gasteiger charge is 2.24. The number of ether oxygens (including phenoxy) is 1. The molecule has 1 aliphatic heterocycles. The lowest BCUT2D eigenvalue weighted by Crippen LogP contribution is -2.47. The Kier molecular flexibility index (Phi) is 8.91. The second-order valence-electron chi connectivity index (χ2n) is 8.11. The molecule has 0 radical (unpaired) electrons. The minimum absolute atomic E-state index is 0.0213. The number of halogens is 2. The fourth-order valence-corrected chi connectivity index (χ4v) is 4.79. The van der Waals surface area contributed by atoms with E-state index in [4.69, 9.17) is 27.9 Å². The van der Waals surface area contributed by atoms with Crippen LogP contribution in [0.3, 0.4) is 0 Å². The molecule has 0 bridgehead atoms. The Morgan fingerprint density at radius 3 is 2.55 bits per heavy atom. The van der Waals surface area contributed by atoms with Crippen LogP contribution in [-0.4, -0.2) is 62.8 Å². The molecule has 1 aromatic carbocycles. The second-order valence-corrected chi connectivity index (χ2v) is 8.90. The van der Waals surface area contributed by atoms with Gasteiger partial charge >= 0.3 is 0 Å². The summed E-state index contributed by atoms with van der Waals surface area (Å²) in [7, 11) is 0. The highest BCUT2D eigenvalue weighted by molar-refractivity contribution is 6.43. The SMILES string of the molecule is CCOCC(=O)NC1CCC(CCN2CCN(c3cccc(Cl)c3Cl)CC2)CC1. The quantitative estimate of drug-likeness (QED) is 0.655. The summed E-state index contributed by atoms with van der Waals surface area (Å²) in [5, 5.41) is 4.39. The molecule has 1 saturated carbocycles. The summed E-state index contributed by atoms with van der Waals surface area (Å²) in [5.41, 5.74) is 1.04. The van der Waals surface area contributed by atoms with Gasteiger partial charge in [-0.2, -0.15) is 0 Å². The van der Waals surface area contributed by atoms with Crippen LogP contribution in [0.25, 0.3) is 0 Å². The Hall–Kier alpha value is -1.01. The number of hydrogen-bond acceptors (Lipinski definition) is 4. The van der Waals surface area contributed by atoms with Crippen molar-refractivity contribution in [3.8, 4) is 0 Å². The molecule has 0 aromatic heterocycles. The molecule has 1 amide bonds. The van der Waals surface area contributed by atoms with E-state index < -0.39 is 0 Å². The zero-order valence-electron chi connectivity index (χ0n) is 17.3. The van der Waals surface area contributed by atoms with E-state index in [9.17, 15) is 4.79 Å². The first-order valence-electron chi connectivity index (χ1n) is 10.8. The number of amides is 1. The molecule has 0 atom stereocenters. The first-order chi connectivity index (χ1) is 14.1. The van der Waals surface area contributed by atoms with Crippen LogP contribution in [0.5, 0.6) is 0 Å². The molecule has 2 fully saturated rings. The van der Waals surface area contributed by atoms with E-state index in [0.29, 0.717) is 22.7 Å². The standard InChI is InChI=1S/C22H33Cl2N3O2/c1-2-29-16-21(28)25-18-8-6-17(7-9-18)10-11-26-12-14-27(15-13-26)20-5-3-4-19(23)22(20)24/h3-5,17-18H,2,6-16H2,1H3,(H,25,28). The van der Waals surface area contributed by atoms with Gasteiger partial charge in [-0.25, -0.2) is 0 Å². The molecule has 0 unspecified atom stereocenters. The molecule has 1 heterocycles. The highest BCUT2D eigenvalue weighted by atomic mass is 35.5. The van der Waals surface area contributed by atoms with Crippen molar-refractivity contribution in [1.29, 1.82) is 0 Å². The van der Waals surface area contributed by atoms with Crippen LogP contribution in [0.15, 0.2) is 18.2 Å². The van der Waals surface area contributed by atoms with Crippen LogP contribution in [0.2, 0.25) is 10.0 Å². The zero-order valence-corrected chi connectivity index (χ0v) is 18.9. The average Bonchev–Trinajstić information content (AvgIpc) is 2.74. The minimum atomic E-state index is 0.0213. The lowest BCUT2D eigenvalue weighted by Gasteiger charge is -2.37. The summed E-state index contributed by atoms with van der Waals surface area (Å²) < 4.78 is 5.18. The Bertz CT molecular complexity index is 657. The fraction of sp³-hybridized carbons (Fsp3) is 0.682. The van der Waals surface area contributed by atoms with Crippen molar-refractivity contribution in [2.24, 2.45) is 5.92 Å². The van der Waals surface area contributed by atoms with Gasteiger partial charge in [-0.15, -0.1) is 0 Å². The van der Waals surface area contributed by atoms with Crippen molar-refractivity contribution in [3.05, 3.63) is 28.2 Å². The van der Waals surface area contributed by atoms with Gasteiger partial charge in [-0.1, -0.05) is 29.3 Å². The van der Waals surface area contributed by atoms with Gasteiger partial charge in [-0.05, 0) is 63.6 Å². The monoisotopic (exact) mass is 441 g/mol. The lowest BCUT2D eigenvalue weighted by molar-refractivity contribution is -0.126. The van der Waals surface area contributed by atoms with E-state index in [-0.39, 0.29) is 12.5 Å².